The van der Waals surface area contributed by atoms with E-state index in [4.69, 9.17) is 10.8 Å². The lowest BCUT2D eigenvalue weighted by atomic mass is 10.0. The average Bonchev–Trinajstić information content (AvgIpc) is 2.49. The van der Waals surface area contributed by atoms with Crippen LogP contribution in [0.1, 0.15) is 0 Å². The fraction of sp³-hybridized carbons (Fsp3) is 0.429. The van der Waals surface area contributed by atoms with Gasteiger partial charge in [-0.25, -0.2) is 9.78 Å². The standard InChI is InChI=1S/C7H7BrF3N3O2/c8-4-1-13-3-14(4)2-6(12,5(15)16)7(9,10)11/h1,3H,2,12H2,(H,15,16). The van der Waals surface area contributed by atoms with E-state index >= 15 is 0 Å². The molecule has 0 fully saturated rings. The molecule has 90 valence electrons. The number of carbonyl (C=O) groups is 1. The van der Waals surface area contributed by atoms with Crippen LogP contribution >= 0.6 is 15.9 Å². The van der Waals surface area contributed by atoms with Gasteiger partial charge in [-0.15, -0.1) is 0 Å². The van der Waals surface area contributed by atoms with Crippen molar-refractivity contribution in [1.29, 1.82) is 0 Å². The van der Waals surface area contributed by atoms with E-state index in [1.807, 2.05) is 0 Å². The third kappa shape index (κ3) is 2.19. The Morgan fingerprint density at radius 3 is 2.50 bits per heavy atom. The maximum Gasteiger partial charge on any atom is 0.418 e. The van der Waals surface area contributed by atoms with Gasteiger partial charge in [0, 0.05) is 0 Å². The molecule has 0 aliphatic rings. The number of carboxylic acids is 1. The van der Waals surface area contributed by atoms with Crippen LogP contribution in [0.5, 0.6) is 0 Å². The summed E-state index contributed by atoms with van der Waals surface area (Å²) in [7, 11) is 0. The predicted molar refractivity (Wildman–Crippen MR) is 50.5 cm³/mol. The second-order valence-electron chi connectivity index (χ2n) is 3.12. The fourth-order valence-corrected chi connectivity index (χ4v) is 1.30. The van der Waals surface area contributed by atoms with Crippen molar-refractivity contribution < 1.29 is 23.1 Å². The minimum absolute atomic E-state index is 0.216. The van der Waals surface area contributed by atoms with Crippen molar-refractivity contribution in [2.45, 2.75) is 18.3 Å². The van der Waals surface area contributed by atoms with Gasteiger partial charge in [0.2, 0.25) is 5.54 Å². The first kappa shape index (κ1) is 13.0. The predicted octanol–water partition coefficient (Wildman–Crippen LogP) is 0.990. The topological polar surface area (TPSA) is 81.1 Å². The van der Waals surface area contributed by atoms with E-state index in [-0.39, 0.29) is 4.60 Å². The van der Waals surface area contributed by atoms with Gasteiger partial charge in [-0.2, -0.15) is 13.2 Å². The lowest BCUT2D eigenvalue weighted by molar-refractivity contribution is -0.204. The molecule has 0 aliphatic carbocycles. The van der Waals surface area contributed by atoms with Crippen LogP contribution in [0.2, 0.25) is 0 Å². The molecular formula is C7H7BrF3N3O2. The van der Waals surface area contributed by atoms with Gasteiger partial charge >= 0.3 is 12.1 Å². The van der Waals surface area contributed by atoms with Crippen molar-refractivity contribution in [3.05, 3.63) is 17.1 Å². The van der Waals surface area contributed by atoms with E-state index in [2.05, 4.69) is 20.9 Å². The average molecular weight is 302 g/mol. The van der Waals surface area contributed by atoms with Crippen molar-refractivity contribution in [1.82, 2.24) is 9.55 Å². The number of alkyl halides is 3. The summed E-state index contributed by atoms with van der Waals surface area (Å²) in [6.45, 7) is -0.952. The van der Waals surface area contributed by atoms with Gasteiger partial charge in [0.15, 0.2) is 0 Å². The van der Waals surface area contributed by atoms with E-state index in [0.29, 0.717) is 0 Å². The van der Waals surface area contributed by atoms with Crippen LogP contribution in [0.25, 0.3) is 0 Å². The zero-order valence-corrected chi connectivity index (χ0v) is 9.29. The number of halogens is 4. The monoisotopic (exact) mass is 301 g/mol. The lowest BCUT2D eigenvalue weighted by Crippen LogP contribution is -2.62. The molecule has 3 N–H and O–H groups in total. The van der Waals surface area contributed by atoms with Crippen molar-refractivity contribution in [2.75, 3.05) is 0 Å². The van der Waals surface area contributed by atoms with Crippen molar-refractivity contribution in [3.8, 4) is 0 Å². The quantitative estimate of drug-likeness (QED) is 0.872. The van der Waals surface area contributed by atoms with Crippen LogP contribution in [0.4, 0.5) is 13.2 Å². The van der Waals surface area contributed by atoms with Gasteiger partial charge in [0.25, 0.3) is 0 Å². The number of hydrogen-bond acceptors (Lipinski definition) is 3. The maximum atomic E-state index is 12.5. The number of rotatable bonds is 3. The molecule has 0 radical (unpaired) electrons. The number of aliphatic carboxylic acids is 1. The molecule has 1 atom stereocenters. The van der Waals surface area contributed by atoms with Crippen molar-refractivity contribution in [2.24, 2.45) is 5.73 Å². The number of hydrogen-bond donors (Lipinski definition) is 2. The Morgan fingerprint density at radius 2 is 2.19 bits per heavy atom. The van der Waals surface area contributed by atoms with Gasteiger partial charge in [-0.1, -0.05) is 0 Å². The van der Waals surface area contributed by atoms with Crippen LogP contribution in [0.15, 0.2) is 17.1 Å². The summed E-state index contributed by atoms with van der Waals surface area (Å²) in [6, 6.07) is 0. The van der Waals surface area contributed by atoms with Crippen molar-refractivity contribution in [3.63, 3.8) is 0 Å². The van der Waals surface area contributed by atoms with Gasteiger partial charge in [-0.05, 0) is 15.9 Å². The van der Waals surface area contributed by atoms with Gasteiger partial charge in [0.1, 0.15) is 4.60 Å². The number of carboxylic acid groups (broad SMARTS) is 1. The van der Waals surface area contributed by atoms with Crippen LogP contribution < -0.4 is 5.73 Å². The zero-order valence-electron chi connectivity index (χ0n) is 7.70. The Kier molecular flexibility index (Phi) is 3.29. The Bertz CT molecular complexity index is 406. The summed E-state index contributed by atoms with van der Waals surface area (Å²) in [5.74, 6) is -2.14. The second kappa shape index (κ2) is 4.06. The summed E-state index contributed by atoms with van der Waals surface area (Å²) in [5.41, 5.74) is 1.55. The number of nitrogens with two attached hydrogens (primary N) is 1. The molecule has 0 saturated carbocycles. The first-order valence-electron chi connectivity index (χ1n) is 3.93. The lowest BCUT2D eigenvalue weighted by Gasteiger charge is -2.27. The molecule has 0 amide bonds. The first-order valence-corrected chi connectivity index (χ1v) is 4.72. The maximum absolute atomic E-state index is 12.5. The summed E-state index contributed by atoms with van der Waals surface area (Å²) < 4.78 is 38.7. The van der Waals surface area contributed by atoms with Crippen LogP contribution in [0.3, 0.4) is 0 Å². The Hall–Kier alpha value is -1.09. The van der Waals surface area contributed by atoms with Crippen LogP contribution in [-0.4, -0.2) is 32.3 Å². The molecule has 0 bridgehead atoms. The fourth-order valence-electron chi connectivity index (χ4n) is 0.968. The SMILES string of the molecule is NC(Cn1cncc1Br)(C(=O)O)C(F)(F)F. The highest BCUT2D eigenvalue weighted by Gasteiger charge is 2.58. The third-order valence-electron chi connectivity index (χ3n) is 1.97. The van der Waals surface area contributed by atoms with E-state index < -0.39 is 24.2 Å². The van der Waals surface area contributed by atoms with Crippen LogP contribution in [0, 0.1) is 0 Å². The second-order valence-corrected chi connectivity index (χ2v) is 3.93. The van der Waals surface area contributed by atoms with Gasteiger partial charge in [0.05, 0.1) is 19.1 Å². The Labute approximate surface area is 96.2 Å². The van der Waals surface area contributed by atoms with Gasteiger partial charge < -0.3 is 15.4 Å². The molecule has 1 aromatic rings. The minimum Gasteiger partial charge on any atom is -0.480 e. The molecule has 0 aliphatic heterocycles. The van der Waals surface area contributed by atoms with E-state index in [1.54, 1.807) is 0 Å². The molecule has 1 rings (SSSR count). The highest BCUT2D eigenvalue weighted by atomic mass is 79.9. The molecule has 0 aromatic carbocycles. The summed E-state index contributed by atoms with van der Waals surface area (Å²) in [4.78, 5) is 14.2. The van der Waals surface area contributed by atoms with Crippen molar-refractivity contribution >= 4 is 21.9 Å². The summed E-state index contributed by atoms with van der Waals surface area (Å²) >= 11 is 2.92. The summed E-state index contributed by atoms with van der Waals surface area (Å²) in [6.07, 6.45) is -2.76. The molecule has 1 heterocycles. The highest BCUT2D eigenvalue weighted by Crippen LogP contribution is 2.30. The van der Waals surface area contributed by atoms with E-state index in [1.165, 1.54) is 6.20 Å². The minimum atomic E-state index is -5.05. The number of imidazole rings is 1. The normalized spacial score (nSPS) is 15.8. The molecule has 9 heteroatoms. The zero-order chi connectivity index (χ0) is 12.6. The molecule has 1 aromatic heterocycles. The molecular weight excluding hydrogens is 295 g/mol. The van der Waals surface area contributed by atoms with E-state index in [0.717, 1.165) is 10.9 Å². The van der Waals surface area contributed by atoms with E-state index in [9.17, 15) is 18.0 Å². The van der Waals surface area contributed by atoms with Gasteiger partial charge in [-0.3, -0.25) is 0 Å². The number of nitrogens with zero attached hydrogens (tertiary/aromatic N) is 2. The molecule has 1 unspecified atom stereocenters. The Morgan fingerprint density at radius 1 is 1.62 bits per heavy atom. The third-order valence-corrected chi connectivity index (χ3v) is 2.63. The molecule has 0 spiro atoms. The Balaban J connectivity index is 3.07. The number of aromatic nitrogens is 2. The smallest absolute Gasteiger partial charge is 0.418 e. The highest BCUT2D eigenvalue weighted by molar-refractivity contribution is 9.10. The largest absolute Gasteiger partial charge is 0.480 e. The first-order chi connectivity index (χ1) is 7.18. The van der Waals surface area contributed by atoms with Crippen LogP contribution in [-0.2, 0) is 11.3 Å². The molecule has 5 nitrogen and oxygen atoms in total. The molecule has 0 saturated heterocycles. The molecule has 16 heavy (non-hydrogen) atoms. The summed E-state index contributed by atoms with van der Waals surface area (Å²) in [5, 5.41) is 8.56.